The maximum absolute atomic E-state index is 12.3. The van der Waals surface area contributed by atoms with Gasteiger partial charge in [-0.15, -0.1) is 0 Å². The number of benzene rings is 3. The molecule has 31 heavy (non-hydrogen) atoms. The maximum Gasteiger partial charge on any atom is 0.271 e. The average Bonchev–Trinajstić information content (AvgIpc) is 2.82. The zero-order chi connectivity index (χ0) is 21.9. The number of carbonyl (C=O) groups is 1. The van der Waals surface area contributed by atoms with Crippen LogP contribution in [0.2, 0.25) is 0 Å². The molecular weight excluding hydrogens is 392 g/mol. The van der Waals surface area contributed by atoms with Crippen LogP contribution in [-0.4, -0.2) is 25.8 Å². The Hall–Kier alpha value is -4.06. The molecule has 0 saturated carbocycles. The molecule has 1 N–H and O–H groups in total. The van der Waals surface area contributed by atoms with Gasteiger partial charge in [-0.3, -0.25) is 4.79 Å². The Morgan fingerprint density at radius 2 is 1.81 bits per heavy atom. The first-order valence-electron chi connectivity index (χ1n) is 9.71. The van der Waals surface area contributed by atoms with Gasteiger partial charge in [-0.2, -0.15) is 5.10 Å². The Kier molecular flexibility index (Phi) is 7.83. The van der Waals surface area contributed by atoms with E-state index in [1.165, 1.54) is 0 Å². The Morgan fingerprint density at radius 1 is 1.00 bits per heavy atom. The molecule has 0 fully saturated rings. The van der Waals surface area contributed by atoms with Crippen LogP contribution in [-0.2, 0) is 6.61 Å². The molecular formula is C25H24N2O4. The highest BCUT2D eigenvalue weighted by Gasteiger charge is 2.06. The third kappa shape index (κ3) is 6.47. The highest BCUT2D eigenvalue weighted by molar-refractivity contribution is 5.95. The fourth-order valence-electron chi connectivity index (χ4n) is 2.72. The van der Waals surface area contributed by atoms with Crippen molar-refractivity contribution in [3.63, 3.8) is 0 Å². The third-order valence-electron chi connectivity index (χ3n) is 4.30. The highest BCUT2D eigenvalue weighted by Crippen LogP contribution is 2.19. The molecule has 3 aromatic carbocycles. The largest absolute Gasteiger partial charge is 0.497 e. The lowest BCUT2D eigenvalue weighted by Crippen LogP contribution is -2.17. The van der Waals surface area contributed by atoms with Gasteiger partial charge in [-0.05, 0) is 54.1 Å². The van der Waals surface area contributed by atoms with E-state index in [0.29, 0.717) is 30.3 Å². The molecule has 6 nitrogen and oxygen atoms in total. The van der Waals surface area contributed by atoms with Crippen molar-refractivity contribution >= 4 is 12.1 Å². The van der Waals surface area contributed by atoms with E-state index in [1.807, 2.05) is 48.5 Å². The van der Waals surface area contributed by atoms with Crippen LogP contribution < -0.4 is 19.6 Å². The second-order valence-electron chi connectivity index (χ2n) is 6.50. The lowest BCUT2D eigenvalue weighted by Gasteiger charge is -2.10. The zero-order valence-electron chi connectivity index (χ0n) is 17.3. The number of hydrogen-bond acceptors (Lipinski definition) is 5. The molecule has 1 amide bonds. The van der Waals surface area contributed by atoms with Gasteiger partial charge < -0.3 is 14.2 Å². The molecule has 0 spiro atoms. The molecule has 0 aliphatic rings. The quantitative estimate of drug-likeness (QED) is 0.298. The summed E-state index contributed by atoms with van der Waals surface area (Å²) >= 11 is 0. The van der Waals surface area contributed by atoms with Crippen molar-refractivity contribution in [3.8, 4) is 17.2 Å². The number of nitrogens with zero attached hydrogens (tertiary/aromatic N) is 1. The molecule has 0 aliphatic carbocycles. The topological polar surface area (TPSA) is 69.2 Å². The molecule has 3 aromatic rings. The van der Waals surface area contributed by atoms with Crippen molar-refractivity contribution in [1.82, 2.24) is 5.43 Å². The minimum absolute atomic E-state index is 0.318. The van der Waals surface area contributed by atoms with E-state index in [2.05, 4.69) is 17.1 Å². The van der Waals surface area contributed by atoms with E-state index in [-0.39, 0.29) is 5.91 Å². The highest BCUT2D eigenvalue weighted by atomic mass is 16.5. The van der Waals surface area contributed by atoms with Gasteiger partial charge in [0.15, 0.2) is 0 Å². The number of methoxy groups -OCH3 is 1. The monoisotopic (exact) mass is 416 g/mol. The number of rotatable bonds is 10. The van der Waals surface area contributed by atoms with Gasteiger partial charge in [-0.25, -0.2) is 5.43 Å². The molecule has 0 unspecified atom stereocenters. The van der Waals surface area contributed by atoms with Crippen LogP contribution in [0.15, 0.2) is 90.6 Å². The molecule has 0 aromatic heterocycles. The molecule has 158 valence electrons. The van der Waals surface area contributed by atoms with E-state index >= 15 is 0 Å². The van der Waals surface area contributed by atoms with Crippen molar-refractivity contribution < 1.29 is 19.0 Å². The number of amides is 1. The minimum Gasteiger partial charge on any atom is -0.497 e. The van der Waals surface area contributed by atoms with Gasteiger partial charge in [0.05, 0.1) is 13.3 Å². The summed E-state index contributed by atoms with van der Waals surface area (Å²) in [5.74, 6) is 1.79. The van der Waals surface area contributed by atoms with E-state index < -0.39 is 0 Å². The van der Waals surface area contributed by atoms with Gasteiger partial charge in [0, 0.05) is 11.1 Å². The first-order chi connectivity index (χ1) is 15.2. The summed E-state index contributed by atoms with van der Waals surface area (Å²) < 4.78 is 16.6. The van der Waals surface area contributed by atoms with Crippen molar-refractivity contribution in [2.24, 2.45) is 5.10 Å². The van der Waals surface area contributed by atoms with Crippen molar-refractivity contribution in [2.45, 2.75) is 6.61 Å². The van der Waals surface area contributed by atoms with E-state index in [9.17, 15) is 4.79 Å². The van der Waals surface area contributed by atoms with Gasteiger partial charge in [0.1, 0.15) is 30.5 Å². The standard InChI is InChI=1S/C25H24N2O4/c1-3-15-30-22-13-11-20(12-14-22)25(28)27-26-17-21-8-4-5-10-24(21)31-18-19-7-6-9-23(16-19)29-2/h3-14,16-17H,1,15,18H2,2H3,(H,27,28)/b26-17+. The number of carbonyl (C=O) groups excluding carboxylic acids is 1. The number of nitrogens with one attached hydrogen (secondary N) is 1. The summed E-state index contributed by atoms with van der Waals surface area (Å²) in [5.41, 5.74) is 4.74. The van der Waals surface area contributed by atoms with Crippen LogP contribution in [0.5, 0.6) is 17.2 Å². The van der Waals surface area contributed by atoms with Crippen LogP contribution >= 0.6 is 0 Å². The van der Waals surface area contributed by atoms with Crippen LogP contribution in [0, 0.1) is 0 Å². The molecule has 0 bridgehead atoms. The molecule has 0 atom stereocenters. The van der Waals surface area contributed by atoms with Gasteiger partial charge in [-0.1, -0.05) is 36.9 Å². The first-order valence-corrected chi connectivity index (χ1v) is 9.71. The molecule has 0 radical (unpaired) electrons. The van der Waals surface area contributed by atoms with Gasteiger partial charge >= 0.3 is 0 Å². The summed E-state index contributed by atoms with van der Waals surface area (Å²) in [5, 5.41) is 4.06. The van der Waals surface area contributed by atoms with Gasteiger partial charge in [0.2, 0.25) is 0 Å². The fraction of sp³-hybridized carbons (Fsp3) is 0.120. The van der Waals surface area contributed by atoms with Gasteiger partial charge in [0.25, 0.3) is 5.91 Å². The van der Waals surface area contributed by atoms with Crippen LogP contribution in [0.3, 0.4) is 0 Å². The van der Waals surface area contributed by atoms with Crippen LogP contribution in [0.4, 0.5) is 0 Å². The minimum atomic E-state index is -0.318. The molecule has 0 heterocycles. The Balaban J connectivity index is 1.59. The number of hydrazone groups is 1. The Morgan fingerprint density at radius 3 is 2.58 bits per heavy atom. The average molecular weight is 416 g/mol. The smallest absolute Gasteiger partial charge is 0.271 e. The predicted octanol–water partition coefficient (Wildman–Crippen LogP) is 4.60. The molecule has 0 aliphatic heterocycles. The summed E-state index contributed by atoms with van der Waals surface area (Å²) in [6.45, 7) is 4.40. The summed E-state index contributed by atoms with van der Waals surface area (Å²) in [4.78, 5) is 12.3. The number of para-hydroxylation sites is 1. The van der Waals surface area contributed by atoms with E-state index in [0.717, 1.165) is 16.9 Å². The van der Waals surface area contributed by atoms with Crippen LogP contribution in [0.1, 0.15) is 21.5 Å². The first kappa shape index (κ1) is 21.6. The lowest BCUT2D eigenvalue weighted by atomic mass is 10.2. The van der Waals surface area contributed by atoms with Crippen molar-refractivity contribution in [3.05, 3.63) is 102 Å². The Bertz CT molecular complexity index is 1050. The predicted molar refractivity (Wildman–Crippen MR) is 121 cm³/mol. The van der Waals surface area contributed by atoms with E-state index in [1.54, 1.807) is 43.7 Å². The Labute approximate surface area is 181 Å². The van der Waals surface area contributed by atoms with E-state index in [4.69, 9.17) is 14.2 Å². The second-order valence-corrected chi connectivity index (χ2v) is 6.50. The molecule has 3 rings (SSSR count). The SMILES string of the molecule is C=CCOc1ccc(C(=O)N/N=C/c2ccccc2OCc2cccc(OC)c2)cc1. The third-order valence-corrected chi connectivity index (χ3v) is 4.30. The normalized spacial score (nSPS) is 10.5. The molecule has 6 heteroatoms. The fourth-order valence-corrected chi connectivity index (χ4v) is 2.72. The lowest BCUT2D eigenvalue weighted by molar-refractivity contribution is 0.0955. The zero-order valence-corrected chi connectivity index (χ0v) is 17.3. The van der Waals surface area contributed by atoms with Crippen molar-refractivity contribution in [1.29, 1.82) is 0 Å². The maximum atomic E-state index is 12.3. The second kappa shape index (κ2) is 11.2. The summed E-state index contributed by atoms with van der Waals surface area (Å²) in [6, 6.07) is 22.0. The summed E-state index contributed by atoms with van der Waals surface area (Å²) in [6.07, 6.45) is 3.22. The summed E-state index contributed by atoms with van der Waals surface area (Å²) in [7, 11) is 1.63. The molecule has 0 saturated heterocycles. The van der Waals surface area contributed by atoms with Crippen molar-refractivity contribution in [2.75, 3.05) is 13.7 Å². The van der Waals surface area contributed by atoms with Crippen LogP contribution in [0.25, 0.3) is 0 Å². The number of hydrogen-bond donors (Lipinski definition) is 1. The number of ether oxygens (including phenoxy) is 3.